The Morgan fingerprint density at radius 1 is 1.26 bits per heavy atom. The van der Waals surface area contributed by atoms with Crippen molar-refractivity contribution in [1.29, 1.82) is 0 Å². The number of hydrogen-bond donors (Lipinski definition) is 1. The largest absolute Gasteiger partial charge is 0.401 e. The molecule has 1 aliphatic heterocycles. The number of nitrogens with two attached hydrogens (primary N) is 1. The second-order valence-electron chi connectivity index (χ2n) is 4.90. The van der Waals surface area contributed by atoms with E-state index in [9.17, 15) is 10.1 Å². The third-order valence-electron chi connectivity index (χ3n) is 3.31. The molecule has 0 aromatic heterocycles. The molecule has 1 aromatic rings. The fourth-order valence-electron chi connectivity index (χ4n) is 2.33. The van der Waals surface area contributed by atoms with Crippen molar-refractivity contribution in [2.24, 2.45) is 5.73 Å². The number of nitro groups is 1. The van der Waals surface area contributed by atoms with Crippen molar-refractivity contribution in [3.8, 4) is 0 Å². The van der Waals surface area contributed by atoms with Gasteiger partial charge in [-0.2, -0.15) is 0 Å². The molecule has 0 atom stereocenters. The zero-order chi connectivity index (χ0) is 13.7. The number of nitro benzene ring substituents is 1. The van der Waals surface area contributed by atoms with Crippen LogP contribution in [0.4, 0.5) is 5.69 Å². The van der Waals surface area contributed by atoms with E-state index in [0.717, 1.165) is 30.9 Å². The van der Waals surface area contributed by atoms with Crippen LogP contribution in [-0.2, 0) is 0 Å². The van der Waals surface area contributed by atoms with Crippen LogP contribution in [0, 0.1) is 10.1 Å². The first-order chi connectivity index (χ1) is 9.15. The fraction of sp³-hybridized carbons (Fsp3) is 0.429. The molecular weight excluding hydrogens is 242 g/mol. The lowest BCUT2D eigenvalue weighted by Crippen LogP contribution is -2.33. The number of nitrogens with zero attached hydrogens (tertiary/aromatic N) is 2. The molecule has 19 heavy (non-hydrogen) atoms. The number of hydrogen-bond acceptors (Lipinski definition) is 4. The second kappa shape index (κ2) is 6.33. The Labute approximate surface area is 112 Å². The molecule has 0 spiro atoms. The molecule has 1 heterocycles. The van der Waals surface area contributed by atoms with Crippen LogP contribution in [-0.4, -0.2) is 29.5 Å². The number of benzene rings is 1. The maximum absolute atomic E-state index is 10.6. The average Bonchev–Trinajstić information content (AvgIpc) is 2.40. The molecule has 1 aliphatic rings. The van der Waals surface area contributed by atoms with E-state index in [1.165, 1.54) is 31.4 Å². The van der Waals surface area contributed by atoms with E-state index in [1.807, 2.05) is 6.08 Å². The van der Waals surface area contributed by atoms with Gasteiger partial charge in [-0.1, -0.05) is 6.42 Å². The third-order valence-corrected chi connectivity index (χ3v) is 3.31. The van der Waals surface area contributed by atoms with Crippen molar-refractivity contribution < 1.29 is 4.92 Å². The lowest BCUT2D eigenvalue weighted by atomic mass is 10.1. The van der Waals surface area contributed by atoms with Gasteiger partial charge in [0.1, 0.15) is 0 Å². The summed E-state index contributed by atoms with van der Waals surface area (Å²) in [5.74, 6) is 0. The van der Waals surface area contributed by atoms with Gasteiger partial charge in [-0.3, -0.25) is 15.0 Å². The summed E-state index contributed by atoms with van der Waals surface area (Å²) in [7, 11) is 0. The molecule has 5 heteroatoms. The van der Waals surface area contributed by atoms with Gasteiger partial charge in [-0.05, 0) is 49.7 Å². The van der Waals surface area contributed by atoms with Gasteiger partial charge in [-0.15, -0.1) is 0 Å². The van der Waals surface area contributed by atoms with Crippen molar-refractivity contribution in [3.63, 3.8) is 0 Å². The molecule has 2 rings (SSSR count). The lowest BCUT2D eigenvalue weighted by Gasteiger charge is -2.26. The molecule has 1 fully saturated rings. The molecule has 1 aromatic carbocycles. The Hall–Kier alpha value is -1.88. The summed E-state index contributed by atoms with van der Waals surface area (Å²) in [6.45, 7) is 2.99. The van der Waals surface area contributed by atoms with Crippen LogP contribution in [0.2, 0.25) is 0 Å². The highest BCUT2D eigenvalue weighted by molar-refractivity contribution is 5.54. The molecule has 0 unspecified atom stereocenters. The number of likely N-dealkylation sites (tertiary alicyclic amines) is 1. The van der Waals surface area contributed by atoms with E-state index in [1.54, 1.807) is 12.1 Å². The Kier molecular flexibility index (Phi) is 4.52. The zero-order valence-electron chi connectivity index (χ0n) is 10.9. The van der Waals surface area contributed by atoms with E-state index >= 15 is 0 Å². The summed E-state index contributed by atoms with van der Waals surface area (Å²) in [6.07, 6.45) is 5.68. The van der Waals surface area contributed by atoms with Crippen LogP contribution in [0.25, 0.3) is 6.08 Å². The highest BCUT2D eigenvalue weighted by Crippen LogP contribution is 2.14. The van der Waals surface area contributed by atoms with Crippen LogP contribution >= 0.6 is 0 Å². The summed E-state index contributed by atoms with van der Waals surface area (Å²) in [5, 5.41) is 10.6. The molecule has 102 valence electrons. The van der Waals surface area contributed by atoms with Gasteiger partial charge in [-0.25, -0.2) is 0 Å². The fourth-order valence-corrected chi connectivity index (χ4v) is 2.33. The minimum Gasteiger partial charge on any atom is -0.401 e. The first-order valence-electron chi connectivity index (χ1n) is 6.58. The van der Waals surface area contributed by atoms with Crippen LogP contribution in [0.1, 0.15) is 24.8 Å². The van der Waals surface area contributed by atoms with E-state index < -0.39 is 4.92 Å². The quantitative estimate of drug-likeness (QED) is 0.667. The predicted octanol–water partition coefficient (Wildman–Crippen LogP) is 2.38. The Morgan fingerprint density at radius 2 is 1.89 bits per heavy atom. The molecule has 0 radical (unpaired) electrons. The molecule has 0 aliphatic carbocycles. The molecule has 1 saturated heterocycles. The lowest BCUT2D eigenvalue weighted by molar-refractivity contribution is -0.384. The molecular formula is C14H19N3O2. The molecule has 5 nitrogen and oxygen atoms in total. The Morgan fingerprint density at radius 3 is 2.47 bits per heavy atom. The maximum Gasteiger partial charge on any atom is 0.269 e. The minimum absolute atomic E-state index is 0.103. The standard InChI is InChI=1S/C14H19N3O2/c15-13(11-16-8-2-1-3-9-16)10-12-4-6-14(7-5-12)17(18)19/h4-7,10H,1-3,8-9,11,15H2. The first kappa shape index (κ1) is 13.5. The number of rotatable bonds is 4. The van der Waals surface area contributed by atoms with Gasteiger partial charge in [0, 0.05) is 24.4 Å². The maximum atomic E-state index is 10.6. The van der Waals surface area contributed by atoms with Gasteiger partial charge >= 0.3 is 0 Å². The summed E-state index contributed by atoms with van der Waals surface area (Å²) < 4.78 is 0. The summed E-state index contributed by atoms with van der Waals surface area (Å²) in [4.78, 5) is 12.5. The zero-order valence-corrected chi connectivity index (χ0v) is 10.9. The Bertz CT molecular complexity index is 462. The second-order valence-corrected chi connectivity index (χ2v) is 4.90. The van der Waals surface area contributed by atoms with Crippen molar-refractivity contribution in [3.05, 3.63) is 45.6 Å². The van der Waals surface area contributed by atoms with Crippen LogP contribution in [0.3, 0.4) is 0 Å². The summed E-state index contributed by atoms with van der Waals surface area (Å²) in [5.41, 5.74) is 7.83. The van der Waals surface area contributed by atoms with E-state index in [4.69, 9.17) is 5.73 Å². The van der Waals surface area contributed by atoms with Gasteiger partial charge in [0.25, 0.3) is 5.69 Å². The monoisotopic (exact) mass is 261 g/mol. The van der Waals surface area contributed by atoms with Gasteiger partial charge < -0.3 is 5.73 Å². The van der Waals surface area contributed by atoms with Crippen molar-refractivity contribution >= 4 is 11.8 Å². The number of piperidine rings is 1. The molecule has 0 amide bonds. The minimum atomic E-state index is -0.398. The molecule has 0 saturated carbocycles. The highest BCUT2D eigenvalue weighted by atomic mass is 16.6. The number of non-ortho nitro benzene ring substituents is 1. The molecule has 2 N–H and O–H groups in total. The van der Waals surface area contributed by atoms with Crippen LogP contribution in [0.5, 0.6) is 0 Å². The Balaban J connectivity index is 1.97. The van der Waals surface area contributed by atoms with Crippen LogP contribution < -0.4 is 5.73 Å². The highest BCUT2D eigenvalue weighted by Gasteiger charge is 2.10. The SMILES string of the molecule is NC(=Cc1ccc([N+](=O)[O-])cc1)CN1CCCCC1. The van der Waals surface area contributed by atoms with E-state index in [2.05, 4.69) is 4.90 Å². The van der Waals surface area contributed by atoms with Crippen molar-refractivity contribution in [1.82, 2.24) is 4.90 Å². The van der Waals surface area contributed by atoms with Crippen LogP contribution in [0.15, 0.2) is 30.0 Å². The van der Waals surface area contributed by atoms with E-state index in [-0.39, 0.29) is 5.69 Å². The van der Waals surface area contributed by atoms with E-state index in [0.29, 0.717) is 0 Å². The van der Waals surface area contributed by atoms with Crippen molar-refractivity contribution in [2.45, 2.75) is 19.3 Å². The topological polar surface area (TPSA) is 72.4 Å². The van der Waals surface area contributed by atoms with Gasteiger partial charge in [0.2, 0.25) is 0 Å². The smallest absolute Gasteiger partial charge is 0.269 e. The molecule has 0 bridgehead atoms. The van der Waals surface area contributed by atoms with Gasteiger partial charge in [0.15, 0.2) is 0 Å². The first-order valence-corrected chi connectivity index (χ1v) is 6.58. The normalized spacial score (nSPS) is 17.4. The van der Waals surface area contributed by atoms with Gasteiger partial charge in [0.05, 0.1) is 4.92 Å². The summed E-state index contributed by atoms with van der Waals surface area (Å²) in [6, 6.07) is 6.45. The average molecular weight is 261 g/mol. The summed E-state index contributed by atoms with van der Waals surface area (Å²) >= 11 is 0. The third kappa shape index (κ3) is 4.06. The predicted molar refractivity (Wildman–Crippen MR) is 75.6 cm³/mol. The van der Waals surface area contributed by atoms with Crippen molar-refractivity contribution in [2.75, 3.05) is 19.6 Å².